The fourth-order valence-corrected chi connectivity index (χ4v) is 2.93. The molecule has 1 heterocycles. The highest BCUT2D eigenvalue weighted by Gasteiger charge is 2.29. The van der Waals surface area contributed by atoms with Gasteiger partial charge in [-0.1, -0.05) is 6.92 Å². The standard InChI is InChI=1S/C15H28N4O/c1-4-18-15(3,11-16)8-5-9-19-10-13(14(17)20)7-6-12(19)2/h12-13,18H,4-10H2,1-3H3,(H2,17,20). The molecule has 1 rings (SSSR count). The summed E-state index contributed by atoms with van der Waals surface area (Å²) in [5, 5.41) is 12.5. The van der Waals surface area contributed by atoms with Crippen molar-refractivity contribution >= 4 is 5.91 Å². The number of piperidine rings is 1. The van der Waals surface area contributed by atoms with Crippen LogP contribution < -0.4 is 11.1 Å². The molecule has 1 fully saturated rings. The first-order valence-electron chi connectivity index (χ1n) is 7.61. The van der Waals surface area contributed by atoms with Crippen molar-refractivity contribution in [3.05, 3.63) is 0 Å². The van der Waals surface area contributed by atoms with Crippen LogP contribution in [0.1, 0.15) is 46.5 Å². The second-order valence-electron chi connectivity index (χ2n) is 6.10. The van der Waals surface area contributed by atoms with Gasteiger partial charge in [-0.15, -0.1) is 0 Å². The first-order chi connectivity index (χ1) is 9.41. The van der Waals surface area contributed by atoms with Gasteiger partial charge in [0.15, 0.2) is 0 Å². The summed E-state index contributed by atoms with van der Waals surface area (Å²) in [5.74, 6) is -0.196. The third kappa shape index (κ3) is 4.77. The maximum absolute atomic E-state index is 11.3. The first-order valence-corrected chi connectivity index (χ1v) is 7.61. The monoisotopic (exact) mass is 280 g/mol. The third-order valence-electron chi connectivity index (χ3n) is 4.35. The molecule has 1 aliphatic rings. The van der Waals surface area contributed by atoms with E-state index in [1.54, 1.807) is 0 Å². The summed E-state index contributed by atoms with van der Waals surface area (Å²) in [6, 6.07) is 2.85. The van der Waals surface area contributed by atoms with Crippen molar-refractivity contribution in [2.75, 3.05) is 19.6 Å². The van der Waals surface area contributed by atoms with Crippen LogP contribution in [-0.2, 0) is 4.79 Å². The predicted molar refractivity (Wildman–Crippen MR) is 79.9 cm³/mol. The lowest BCUT2D eigenvalue weighted by atomic mass is 9.92. The highest BCUT2D eigenvalue weighted by atomic mass is 16.1. The Labute approximate surface area is 122 Å². The maximum atomic E-state index is 11.3. The van der Waals surface area contributed by atoms with Crippen molar-refractivity contribution < 1.29 is 4.79 Å². The van der Waals surface area contributed by atoms with Gasteiger partial charge in [-0.3, -0.25) is 15.0 Å². The van der Waals surface area contributed by atoms with Crippen molar-refractivity contribution in [1.82, 2.24) is 10.2 Å². The number of hydrogen-bond acceptors (Lipinski definition) is 4. The molecule has 0 aromatic heterocycles. The van der Waals surface area contributed by atoms with Crippen LogP contribution >= 0.6 is 0 Å². The van der Waals surface area contributed by atoms with E-state index in [9.17, 15) is 10.1 Å². The Balaban J connectivity index is 2.43. The number of likely N-dealkylation sites (tertiary alicyclic amines) is 1. The SMILES string of the molecule is CCNC(C)(C#N)CCCN1CC(C(N)=O)CCC1C. The van der Waals surface area contributed by atoms with Gasteiger partial charge in [0.1, 0.15) is 5.54 Å². The number of rotatable bonds is 7. The predicted octanol–water partition coefficient (Wildman–Crippen LogP) is 1.24. The van der Waals surface area contributed by atoms with Crippen LogP contribution in [-0.4, -0.2) is 42.0 Å². The molecule has 5 heteroatoms. The zero-order valence-corrected chi connectivity index (χ0v) is 13.0. The normalized spacial score (nSPS) is 26.7. The number of nitriles is 1. The van der Waals surface area contributed by atoms with E-state index in [-0.39, 0.29) is 11.8 Å². The lowest BCUT2D eigenvalue weighted by molar-refractivity contribution is -0.123. The summed E-state index contributed by atoms with van der Waals surface area (Å²) in [7, 11) is 0. The van der Waals surface area contributed by atoms with E-state index < -0.39 is 5.54 Å². The molecule has 0 radical (unpaired) electrons. The van der Waals surface area contributed by atoms with E-state index in [0.29, 0.717) is 6.04 Å². The largest absolute Gasteiger partial charge is 0.369 e. The number of primary amides is 1. The Morgan fingerprint density at radius 3 is 2.80 bits per heavy atom. The van der Waals surface area contributed by atoms with Gasteiger partial charge in [-0.2, -0.15) is 5.26 Å². The van der Waals surface area contributed by atoms with Gasteiger partial charge in [-0.05, 0) is 52.6 Å². The van der Waals surface area contributed by atoms with Gasteiger partial charge in [0.05, 0.1) is 12.0 Å². The number of nitrogens with two attached hydrogens (primary N) is 1. The molecule has 0 aromatic carbocycles. The second-order valence-corrected chi connectivity index (χ2v) is 6.10. The lowest BCUT2D eigenvalue weighted by Gasteiger charge is -2.37. The van der Waals surface area contributed by atoms with Crippen LogP contribution in [0.5, 0.6) is 0 Å². The molecule has 0 saturated carbocycles. The fraction of sp³-hybridized carbons (Fsp3) is 0.867. The molecule has 3 N–H and O–H groups in total. The Kier molecular flexibility index (Phi) is 6.44. The molecule has 1 saturated heterocycles. The summed E-state index contributed by atoms with van der Waals surface area (Å²) < 4.78 is 0. The van der Waals surface area contributed by atoms with E-state index in [1.807, 2.05) is 13.8 Å². The summed E-state index contributed by atoms with van der Waals surface area (Å²) in [6.07, 6.45) is 3.70. The Hall–Kier alpha value is -1.12. The van der Waals surface area contributed by atoms with Gasteiger partial charge in [0.25, 0.3) is 0 Å². The van der Waals surface area contributed by atoms with Gasteiger partial charge < -0.3 is 5.73 Å². The van der Waals surface area contributed by atoms with Crippen LogP contribution in [0.15, 0.2) is 0 Å². The van der Waals surface area contributed by atoms with Crippen LogP contribution in [0, 0.1) is 17.2 Å². The van der Waals surface area contributed by atoms with Crippen LogP contribution in [0.2, 0.25) is 0 Å². The number of carbonyl (C=O) groups excluding carboxylic acids is 1. The average molecular weight is 280 g/mol. The topological polar surface area (TPSA) is 82.2 Å². The Bertz CT molecular complexity index is 365. The van der Waals surface area contributed by atoms with E-state index in [1.165, 1.54) is 0 Å². The van der Waals surface area contributed by atoms with Crippen molar-refractivity contribution in [2.45, 2.75) is 58.0 Å². The van der Waals surface area contributed by atoms with E-state index >= 15 is 0 Å². The third-order valence-corrected chi connectivity index (χ3v) is 4.35. The quantitative estimate of drug-likeness (QED) is 0.735. The van der Waals surface area contributed by atoms with Crippen LogP contribution in [0.4, 0.5) is 0 Å². The van der Waals surface area contributed by atoms with E-state index in [4.69, 9.17) is 5.73 Å². The smallest absolute Gasteiger partial charge is 0.221 e. The molecular formula is C15H28N4O. The van der Waals surface area contributed by atoms with Crippen molar-refractivity contribution in [3.63, 3.8) is 0 Å². The highest BCUT2D eigenvalue weighted by molar-refractivity contribution is 5.76. The number of hydrogen-bond donors (Lipinski definition) is 2. The molecule has 114 valence electrons. The van der Waals surface area contributed by atoms with Crippen molar-refractivity contribution in [1.29, 1.82) is 5.26 Å². The van der Waals surface area contributed by atoms with Gasteiger partial charge >= 0.3 is 0 Å². The molecule has 0 aliphatic carbocycles. The lowest BCUT2D eigenvalue weighted by Crippen LogP contribution is -2.47. The number of nitrogens with zero attached hydrogens (tertiary/aromatic N) is 2. The van der Waals surface area contributed by atoms with E-state index in [2.05, 4.69) is 23.2 Å². The Morgan fingerprint density at radius 1 is 1.55 bits per heavy atom. The molecule has 3 unspecified atom stereocenters. The molecular weight excluding hydrogens is 252 g/mol. The Morgan fingerprint density at radius 2 is 2.25 bits per heavy atom. The molecule has 0 aromatic rings. The summed E-state index contributed by atoms with van der Waals surface area (Å²) in [5.41, 5.74) is 4.97. The maximum Gasteiger partial charge on any atom is 0.221 e. The van der Waals surface area contributed by atoms with Crippen LogP contribution in [0.25, 0.3) is 0 Å². The van der Waals surface area contributed by atoms with Gasteiger partial charge in [0.2, 0.25) is 5.91 Å². The molecule has 1 aliphatic heterocycles. The number of nitrogens with one attached hydrogen (secondary N) is 1. The van der Waals surface area contributed by atoms with Crippen molar-refractivity contribution in [2.24, 2.45) is 11.7 Å². The van der Waals surface area contributed by atoms with E-state index in [0.717, 1.165) is 45.3 Å². The molecule has 0 spiro atoms. The zero-order chi connectivity index (χ0) is 15.2. The summed E-state index contributed by atoms with van der Waals surface area (Å²) in [6.45, 7) is 8.65. The minimum atomic E-state index is -0.448. The van der Waals surface area contributed by atoms with Crippen LogP contribution in [0.3, 0.4) is 0 Å². The fourth-order valence-electron chi connectivity index (χ4n) is 2.93. The second kappa shape index (κ2) is 7.61. The number of amides is 1. The highest BCUT2D eigenvalue weighted by Crippen LogP contribution is 2.22. The van der Waals surface area contributed by atoms with Gasteiger partial charge in [-0.25, -0.2) is 0 Å². The first kappa shape index (κ1) is 16.9. The summed E-state index contributed by atoms with van der Waals surface area (Å²) in [4.78, 5) is 13.6. The molecule has 0 bridgehead atoms. The average Bonchev–Trinajstić information content (AvgIpc) is 2.41. The minimum absolute atomic E-state index is 0.0117. The zero-order valence-electron chi connectivity index (χ0n) is 13.0. The molecule has 20 heavy (non-hydrogen) atoms. The minimum Gasteiger partial charge on any atom is -0.369 e. The van der Waals surface area contributed by atoms with Gasteiger partial charge in [0, 0.05) is 12.6 Å². The number of carbonyl (C=O) groups is 1. The molecule has 1 amide bonds. The summed E-state index contributed by atoms with van der Waals surface area (Å²) >= 11 is 0. The van der Waals surface area contributed by atoms with Crippen molar-refractivity contribution in [3.8, 4) is 6.07 Å². The molecule has 3 atom stereocenters. The molecule has 5 nitrogen and oxygen atoms in total.